The molecule has 0 bridgehead atoms. The Labute approximate surface area is 89.5 Å². The summed E-state index contributed by atoms with van der Waals surface area (Å²) in [4.78, 5) is 0. The van der Waals surface area contributed by atoms with Crippen LogP contribution in [0.5, 0.6) is 0 Å². The lowest BCUT2D eigenvalue weighted by Gasteiger charge is -2.34. The normalized spacial score (nSPS) is 40.1. The molecule has 0 heterocycles. The Balaban J connectivity index is 2.71. The molecule has 1 rings (SSSR count). The van der Waals surface area contributed by atoms with Gasteiger partial charge in [0.25, 0.3) is 0 Å². The molecular weight excluding hydrogens is 170 g/mol. The van der Waals surface area contributed by atoms with Crippen LogP contribution >= 0.6 is 0 Å². The van der Waals surface area contributed by atoms with Crippen molar-refractivity contribution in [2.75, 3.05) is 6.54 Å². The summed E-state index contributed by atoms with van der Waals surface area (Å²) in [5.41, 5.74) is 6.97. The summed E-state index contributed by atoms with van der Waals surface area (Å²) in [6.45, 7) is 10.4. The van der Waals surface area contributed by atoms with E-state index in [-0.39, 0.29) is 0 Å². The summed E-state index contributed by atoms with van der Waals surface area (Å²) >= 11 is 0. The average molecular weight is 197 g/mol. The molecule has 0 spiro atoms. The molecule has 1 heteroatoms. The maximum atomic E-state index is 5.94. The second kappa shape index (κ2) is 4.22. The van der Waals surface area contributed by atoms with E-state index < -0.39 is 0 Å². The molecule has 0 aliphatic heterocycles. The lowest BCUT2D eigenvalue weighted by molar-refractivity contribution is 0.166. The van der Waals surface area contributed by atoms with E-state index >= 15 is 0 Å². The fraction of sp³-hybridized carbons (Fsp3) is 1.00. The van der Waals surface area contributed by atoms with Gasteiger partial charge in [-0.15, -0.1) is 0 Å². The topological polar surface area (TPSA) is 26.0 Å². The van der Waals surface area contributed by atoms with Crippen molar-refractivity contribution in [1.82, 2.24) is 0 Å². The van der Waals surface area contributed by atoms with E-state index in [9.17, 15) is 0 Å². The Morgan fingerprint density at radius 2 is 1.93 bits per heavy atom. The van der Waals surface area contributed by atoms with Gasteiger partial charge in [0, 0.05) is 0 Å². The number of hydrogen-bond acceptors (Lipinski definition) is 1. The molecule has 0 aromatic heterocycles. The van der Waals surface area contributed by atoms with Gasteiger partial charge in [0.15, 0.2) is 0 Å². The van der Waals surface area contributed by atoms with Gasteiger partial charge in [-0.2, -0.15) is 0 Å². The van der Waals surface area contributed by atoms with Crippen LogP contribution in [0.2, 0.25) is 0 Å². The predicted octanol–water partition coefficient (Wildman–Crippen LogP) is 3.58. The summed E-state index contributed by atoms with van der Waals surface area (Å²) in [7, 11) is 0. The quantitative estimate of drug-likeness (QED) is 0.732. The highest BCUT2D eigenvalue weighted by Gasteiger charge is 2.45. The van der Waals surface area contributed by atoms with E-state index in [1.165, 1.54) is 32.1 Å². The maximum Gasteiger partial charge on any atom is -0.00204 e. The van der Waals surface area contributed by atoms with Gasteiger partial charge in [-0.3, -0.25) is 0 Å². The van der Waals surface area contributed by atoms with E-state index in [0.717, 1.165) is 12.5 Å². The SMILES string of the molecule is CCC(C)C1(C)CCC(CC)(CN)C1. The minimum Gasteiger partial charge on any atom is -0.330 e. The van der Waals surface area contributed by atoms with E-state index in [2.05, 4.69) is 27.7 Å². The van der Waals surface area contributed by atoms with Crippen LogP contribution in [0.15, 0.2) is 0 Å². The Bertz CT molecular complexity index is 184. The van der Waals surface area contributed by atoms with Gasteiger partial charge < -0.3 is 5.73 Å². The molecule has 0 aromatic carbocycles. The molecule has 0 saturated heterocycles. The second-order valence-electron chi connectivity index (χ2n) is 5.70. The molecule has 0 radical (unpaired) electrons. The van der Waals surface area contributed by atoms with Crippen molar-refractivity contribution >= 4 is 0 Å². The van der Waals surface area contributed by atoms with Crippen LogP contribution in [-0.2, 0) is 0 Å². The van der Waals surface area contributed by atoms with Gasteiger partial charge in [-0.05, 0) is 49.0 Å². The zero-order chi connectivity index (χ0) is 10.8. The van der Waals surface area contributed by atoms with E-state index in [1.54, 1.807) is 0 Å². The third-order valence-electron chi connectivity index (χ3n) is 4.99. The van der Waals surface area contributed by atoms with E-state index in [1.807, 2.05) is 0 Å². The van der Waals surface area contributed by atoms with Crippen LogP contribution in [0.3, 0.4) is 0 Å². The van der Waals surface area contributed by atoms with Crippen molar-refractivity contribution in [3.63, 3.8) is 0 Å². The largest absolute Gasteiger partial charge is 0.330 e. The van der Waals surface area contributed by atoms with Gasteiger partial charge in [0.1, 0.15) is 0 Å². The highest BCUT2D eigenvalue weighted by molar-refractivity contribution is 4.97. The highest BCUT2D eigenvalue weighted by Crippen LogP contribution is 2.54. The molecule has 1 aliphatic carbocycles. The van der Waals surface area contributed by atoms with Gasteiger partial charge >= 0.3 is 0 Å². The smallest absolute Gasteiger partial charge is 0.00204 e. The molecule has 1 aliphatic rings. The molecule has 1 nitrogen and oxygen atoms in total. The Kier molecular flexibility index (Phi) is 3.63. The summed E-state index contributed by atoms with van der Waals surface area (Å²) in [6.07, 6.45) is 6.65. The number of hydrogen-bond donors (Lipinski definition) is 1. The van der Waals surface area contributed by atoms with Crippen molar-refractivity contribution < 1.29 is 0 Å². The molecule has 1 saturated carbocycles. The fourth-order valence-electron chi connectivity index (χ4n) is 3.12. The minimum absolute atomic E-state index is 0.470. The highest BCUT2D eigenvalue weighted by atomic mass is 14.6. The average Bonchev–Trinajstić information content (AvgIpc) is 2.57. The predicted molar refractivity (Wildman–Crippen MR) is 63.2 cm³/mol. The lowest BCUT2D eigenvalue weighted by Crippen LogP contribution is -2.30. The third-order valence-corrected chi connectivity index (χ3v) is 4.99. The molecular formula is C13H27N. The van der Waals surface area contributed by atoms with Crippen molar-refractivity contribution in [3.05, 3.63) is 0 Å². The van der Waals surface area contributed by atoms with Gasteiger partial charge in [-0.25, -0.2) is 0 Å². The van der Waals surface area contributed by atoms with Gasteiger partial charge in [-0.1, -0.05) is 34.1 Å². The number of nitrogens with two attached hydrogens (primary N) is 1. The maximum absolute atomic E-state index is 5.94. The van der Waals surface area contributed by atoms with E-state index in [4.69, 9.17) is 5.73 Å². The Morgan fingerprint density at radius 3 is 2.29 bits per heavy atom. The lowest BCUT2D eigenvalue weighted by atomic mass is 9.72. The molecule has 0 amide bonds. The van der Waals surface area contributed by atoms with Crippen molar-refractivity contribution in [1.29, 1.82) is 0 Å². The van der Waals surface area contributed by atoms with Crippen LogP contribution in [0.4, 0.5) is 0 Å². The zero-order valence-corrected chi connectivity index (χ0v) is 10.4. The fourth-order valence-corrected chi connectivity index (χ4v) is 3.12. The molecule has 14 heavy (non-hydrogen) atoms. The first-order chi connectivity index (χ1) is 6.52. The molecule has 2 N–H and O–H groups in total. The second-order valence-corrected chi connectivity index (χ2v) is 5.70. The van der Waals surface area contributed by atoms with Gasteiger partial charge in [0.05, 0.1) is 0 Å². The monoisotopic (exact) mass is 197 g/mol. The van der Waals surface area contributed by atoms with Crippen molar-refractivity contribution in [2.24, 2.45) is 22.5 Å². The summed E-state index contributed by atoms with van der Waals surface area (Å²) in [6, 6.07) is 0. The van der Waals surface area contributed by atoms with Crippen LogP contribution in [0, 0.1) is 16.7 Å². The van der Waals surface area contributed by atoms with Gasteiger partial charge in [0.2, 0.25) is 0 Å². The van der Waals surface area contributed by atoms with Crippen molar-refractivity contribution in [2.45, 2.75) is 59.8 Å². The number of rotatable bonds is 4. The first-order valence-electron chi connectivity index (χ1n) is 6.22. The van der Waals surface area contributed by atoms with Crippen molar-refractivity contribution in [3.8, 4) is 0 Å². The Hall–Kier alpha value is -0.0400. The van der Waals surface area contributed by atoms with E-state index in [0.29, 0.717) is 10.8 Å². The first-order valence-corrected chi connectivity index (χ1v) is 6.22. The standard InChI is InChI=1S/C13H27N/c1-5-11(3)12(4)7-8-13(6-2,9-12)10-14/h11H,5-10,14H2,1-4H3. The molecule has 1 fully saturated rings. The summed E-state index contributed by atoms with van der Waals surface area (Å²) in [5, 5.41) is 0. The van der Waals surface area contributed by atoms with Crippen LogP contribution in [0.1, 0.15) is 59.8 Å². The molecule has 3 unspecified atom stereocenters. The van der Waals surface area contributed by atoms with Crippen LogP contribution in [-0.4, -0.2) is 6.54 Å². The third kappa shape index (κ3) is 1.98. The zero-order valence-electron chi connectivity index (χ0n) is 10.4. The molecule has 3 atom stereocenters. The van der Waals surface area contributed by atoms with Crippen LogP contribution < -0.4 is 5.73 Å². The first kappa shape index (κ1) is 12.0. The summed E-state index contributed by atoms with van der Waals surface area (Å²) in [5.74, 6) is 0.850. The minimum atomic E-state index is 0.470. The van der Waals surface area contributed by atoms with Crippen LogP contribution in [0.25, 0.3) is 0 Å². The summed E-state index contributed by atoms with van der Waals surface area (Å²) < 4.78 is 0. The molecule has 84 valence electrons. The Morgan fingerprint density at radius 1 is 1.29 bits per heavy atom. The molecule has 0 aromatic rings.